The Kier molecular flexibility index (Phi) is 6.56. The van der Waals surface area contributed by atoms with Gasteiger partial charge in [0.15, 0.2) is 0 Å². The van der Waals surface area contributed by atoms with Gasteiger partial charge in [0.2, 0.25) is 15.9 Å². The van der Waals surface area contributed by atoms with Crippen molar-refractivity contribution < 1.29 is 17.9 Å². The Balaban J connectivity index is 1.36. The fraction of sp³-hybridized carbons (Fsp3) is 0.682. The number of morpholine rings is 1. The minimum atomic E-state index is -3.50. The van der Waals surface area contributed by atoms with Crippen LogP contribution in [0.4, 0.5) is 0 Å². The second-order valence-electron chi connectivity index (χ2n) is 8.52. The number of rotatable bonds is 4. The molecule has 2 heterocycles. The number of sulfonamides is 1. The van der Waals surface area contributed by atoms with Crippen molar-refractivity contribution in [3.8, 4) is 0 Å². The molecule has 160 valence electrons. The van der Waals surface area contributed by atoms with E-state index in [0.717, 1.165) is 0 Å². The largest absolute Gasteiger partial charge is 0.378 e. The zero-order chi connectivity index (χ0) is 20.3. The van der Waals surface area contributed by atoms with E-state index in [1.807, 2.05) is 17.0 Å². The van der Waals surface area contributed by atoms with Gasteiger partial charge in [-0.3, -0.25) is 4.79 Å². The second kappa shape index (κ2) is 9.14. The third kappa shape index (κ3) is 4.67. The van der Waals surface area contributed by atoms with Crippen molar-refractivity contribution >= 4 is 15.9 Å². The van der Waals surface area contributed by atoms with Crippen LogP contribution < -0.4 is 0 Å². The molecule has 6 nitrogen and oxygen atoms in total. The predicted octanol–water partition coefficient (Wildman–Crippen LogP) is 2.99. The summed E-state index contributed by atoms with van der Waals surface area (Å²) >= 11 is 0. The Bertz CT molecular complexity index is 789. The Morgan fingerprint density at radius 2 is 1.48 bits per heavy atom. The lowest BCUT2D eigenvalue weighted by Gasteiger charge is -2.35. The molecule has 2 aliphatic heterocycles. The van der Waals surface area contributed by atoms with E-state index in [2.05, 4.69) is 0 Å². The Morgan fingerprint density at radius 3 is 2.10 bits per heavy atom. The van der Waals surface area contributed by atoms with Crippen molar-refractivity contribution in [2.75, 3.05) is 39.4 Å². The maximum Gasteiger partial charge on any atom is 0.243 e. The minimum absolute atomic E-state index is 0.0757. The van der Waals surface area contributed by atoms with Crippen molar-refractivity contribution in [2.24, 2.45) is 5.92 Å². The van der Waals surface area contributed by atoms with E-state index in [4.69, 9.17) is 4.74 Å². The van der Waals surface area contributed by atoms with Gasteiger partial charge < -0.3 is 9.64 Å². The van der Waals surface area contributed by atoms with Gasteiger partial charge in [0.05, 0.1) is 18.1 Å². The van der Waals surface area contributed by atoms with Crippen molar-refractivity contribution in [3.05, 3.63) is 29.8 Å². The Labute approximate surface area is 174 Å². The van der Waals surface area contributed by atoms with Crippen LogP contribution in [0.3, 0.4) is 0 Å². The quantitative estimate of drug-likeness (QED) is 0.751. The summed E-state index contributed by atoms with van der Waals surface area (Å²) in [5.41, 5.74) is 1.26. The van der Waals surface area contributed by atoms with Crippen LogP contribution in [0.2, 0.25) is 0 Å². The number of hydrogen-bond acceptors (Lipinski definition) is 4. The van der Waals surface area contributed by atoms with Gasteiger partial charge >= 0.3 is 0 Å². The molecule has 1 saturated carbocycles. The van der Waals surface area contributed by atoms with Gasteiger partial charge in [-0.15, -0.1) is 0 Å². The molecule has 3 fully saturated rings. The van der Waals surface area contributed by atoms with Gasteiger partial charge in [-0.1, -0.05) is 31.4 Å². The fourth-order valence-corrected chi connectivity index (χ4v) is 6.35. The van der Waals surface area contributed by atoms with Crippen molar-refractivity contribution in [3.63, 3.8) is 0 Å². The lowest BCUT2D eigenvalue weighted by atomic mass is 9.84. The summed E-state index contributed by atoms with van der Waals surface area (Å²) in [6.45, 7) is 3.29. The third-order valence-corrected chi connectivity index (χ3v) is 8.63. The standard InChI is InChI=1S/C22H32N2O4S/c25-22(23-14-16-28-17-15-23)20-10-12-24(13-11-20)29(26,27)21-8-6-19(7-9-21)18-4-2-1-3-5-18/h6-9,18,20H,1-5,10-17H2. The maximum absolute atomic E-state index is 13.1. The highest BCUT2D eigenvalue weighted by molar-refractivity contribution is 7.89. The van der Waals surface area contributed by atoms with Gasteiger partial charge in [0.1, 0.15) is 0 Å². The van der Waals surface area contributed by atoms with Crippen molar-refractivity contribution in [2.45, 2.75) is 55.8 Å². The van der Waals surface area contributed by atoms with Crippen molar-refractivity contribution in [1.29, 1.82) is 0 Å². The molecule has 7 heteroatoms. The SMILES string of the molecule is O=C(C1CCN(S(=O)(=O)c2ccc(C3CCCCC3)cc2)CC1)N1CCOCC1. The monoisotopic (exact) mass is 420 g/mol. The van der Waals surface area contributed by atoms with Crippen molar-refractivity contribution in [1.82, 2.24) is 9.21 Å². The van der Waals surface area contributed by atoms with Crippen LogP contribution in [-0.4, -0.2) is 62.9 Å². The van der Waals surface area contributed by atoms with Gasteiger partial charge in [-0.2, -0.15) is 4.31 Å². The summed E-state index contributed by atoms with van der Waals surface area (Å²) in [4.78, 5) is 14.9. The fourth-order valence-electron chi connectivity index (χ4n) is 4.88. The molecule has 0 bridgehead atoms. The number of benzene rings is 1. The number of amides is 1. The lowest BCUT2D eigenvalue weighted by molar-refractivity contribution is -0.140. The first kappa shape index (κ1) is 20.8. The highest BCUT2D eigenvalue weighted by atomic mass is 32.2. The first-order chi connectivity index (χ1) is 14.1. The molecular weight excluding hydrogens is 388 g/mol. The number of hydrogen-bond donors (Lipinski definition) is 0. The topological polar surface area (TPSA) is 66.9 Å². The Hall–Kier alpha value is -1.44. The predicted molar refractivity (Wildman–Crippen MR) is 111 cm³/mol. The number of ether oxygens (including phenoxy) is 1. The van der Waals surface area contributed by atoms with Gasteiger partial charge in [-0.05, 0) is 49.3 Å². The first-order valence-corrected chi connectivity index (χ1v) is 12.5. The van der Waals surface area contributed by atoms with E-state index in [0.29, 0.717) is 63.0 Å². The van der Waals surface area contributed by atoms with E-state index in [9.17, 15) is 13.2 Å². The first-order valence-electron chi connectivity index (χ1n) is 11.0. The van der Waals surface area contributed by atoms with E-state index < -0.39 is 10.0 Å². The molecule has 0 N–H and O–H groups in total. The summed E-state index contributed by atoms with van der Waals surface area (Å²) in [5, 5.41) is 0. The maximum atomic E-state index is 13.1. The molecule has 0 unspecified atom stereocenters. The number of nitrogens with zero attached hydrogens (tertiary/aromatic N) is 2. The van der Waals surface area contributed by atoms with Crippen LogP contribution in [0, 0.1) is 5.92 Å². The van der Waals surface area contributed by atoms with Crippen LogP contribution in [0.15, 0.2) is 29.2 Å². The van der Waals surface area contributed by atoms with E-state index in [-0.39, 0.29) is 11.8 Å². The molecular formula is C22H32N2O4S. The molecule has 29 heavy (non-hydrogen) atoms. The minimum Gasteiger partial charge on any atom is -0.378 e. The number of piperidine rings is 1. The highest BCUT2D eigenvalue weighted by Crippen LogP contribution is 2.33. The van der Waals surface area contributed by atoms with Crippen LogP contribution in [0.25, 0.3) is 0 Å². The molecule has 2 saturated heterocycles. The highest BCUT2D eigenvalue weighted by Gasteiger charge is 2.34. The van der Waals surface area contributed by atoms with E-state index in [1.54, 1.807) is 16.4 Å². The second-order valence-corrected chi connectivity index (χ2v) is 10.5. The lowest BCUT2D eigenvalue weighted by Crippen LogP contribution is -2.47. The van der Waals surface area contributed by atoms with Gasteiger partial charge in [0, 0.05) is 32.1 Å². The molecule has 1 aliphatic carbocycles. The smallest absolute Gasteiger partial charge is 0.243 e. The zero-order valence-corrected chi connectivity index (χ0v) is 17.9. The van der Waals surface area contributed by atoms with Gasteiger partial charge in [0.25, 0.3) is 0 Å². The van der Waals surface area contributed by atoms with Crippen LogP contribution in [0.5, 0.6) is 0 Å². The molecule has 0 atom stereocenters. The molecule has 0 aromatic heterocycles. The van der Waals surface area contributed by atoms with E-state index in [1.165, 1.54) is 37.7 Å². The molecule has 4 rings (SSSR count). The number of carbonyl (C=O) groups is 1. The summed E-state index contributed by atoms with van der Waals surface area (Å²) in [5.74, 6) is 0.651. The van der Waals surface area contributed by atoms with E-state index >= 15 is 0 Å². The van der Waals surface area contributed by atoms with Crippen LogP contribution >= 0.6 is 0 Å². The molecule has 0 radical (unpaired) electrons. The molecule has 3 aliphatic rings. The third-order valence-electron chi connectivity index (χ3n) is 6.72. The summed E-state index contributed by atoms with van der Waals surface area (Å²) in [6.07, 6.45) is 7.44. The summed E-state index contributed by atoms with van der Waals surface area (Å²) in [6, 6.07) is 7.53. The van der Waals surface area contributed by atoms with Crippen LogP contribution in [0.1, 0.15) is 56.4 Å². The average Bonchev–Trinajstić information content (AvgIpc) is 2.80. The summed E-state index contributed by atoms with van der Waals surface area (Å²) in [7, 11) is -3.50. The molecule has 1 aromatic carbocycles. The number of carbonyl (C=O) groups excluding carboxylic acids is 1. The molecule has 1 amide bonds. The van der Waals surface area contributed by atoms with Gasteiger partial charge in [-0.25, -0.2) is 8.42 Å². The average molecular weight is 421 g/mol. The molecule has 0 spiro atoms. The molecule has 1 aromatic rings. The Morgan fingerprint density at radius 1 is 0.862 bits per heavy atom. The van der Waals surface area contributed by atoms with Crippen LogP contribution in [-0.2, 0) is 19.6 Å². The zero-order valence-electron chi connectivity index (χ0n) is 17.1. The summed E-state index contributed by atoms with van der Waals surface area (Å²) < 4.78 is 33.0. The normalized spacial score (nSPS) is 23.2.